The molecule has 0 unspecified atom stereocenters. The fourth-order valence-corrected chi connectivity index (χ4v) is 2.95. The highest BCUT2D eigenvalue weighted by molar-refractivity contribution is 7.22. The molecule has 0 aliphatic rings. The molecular weight excluding hydrogens is 312 g/mol. The summed E-state index contributed by atoms with van der Waals surface area (Å²) in [6.45, 7) is 0. The lowest BCUT2D eigenvalue weighted by Crippen LogP contribution is -2.06. The summed E-state index contributed by atoms with van der Waals surface area (Å²) in [5, 5.41) is 10.2. The Bertz CT molecular complexity index is 924. The van der Waals surface area contributed by atoms with E-state index < -0.39 is 5.63 Å². The molecule has 0 aliphatic heterocycles. The van der Waals surface area contributed by atoms with Crippen LogP contribution >= 0.6 is 22.9 Å². The van der Waals surface area contributed by atoms with Crippen molar-refractivity contribution >= 4 is 38.5 Å². The first-order valence-corrected chi connectivity index (χ1v) is 6.93. The standard InChI is InChI=1S/C13H7ClN4O2S/c14-7-3-1-6(2-4-7)9-8(5-15)12(19)20-11-10(9)21-13(17-11)18-16/h1-4H,16H2,(H,17,18). The Balaban J connectivity index is 2.42. The zero-order valence-corrected chi connectivity index (χ0v) is 12.0. The summed E-state index contributed by atoms with van der Waals surface area (Å²) >= 11 is 7.06. The van der Waals surface area contributed by atoms with Crippen molar-refractivity contribution < 1.29 is 4.42 Å². The lowest BCUT2D eigenvalue weighted by atomic mass is 10.0. The molecule has 104 valence electrons. The number of rotatable bonds is 2. The molecule has 8 heteroatoms. The number of hydrogen-bond donors (Lipinski definition) is 2. The minimum Gasteiger partial charge on any atom is -0.402 e. The van der Waals surface area contributed by atoms with Crippen molar-refractivity contribution in [2.24, 2.45) is 5.84 Å². The highest BCUT2D eigenvalue weighted by Crippen LogP contribution is 2.36. The van der Waals surface area contributed by atoms with Gasteiger partial charge >= 0.3 is 5.63 Å². The molecule has 6 nitrogen and oxygen atoms in total. The molecule has 0 aliphatic carbocycles. The lowest BCUT2D eigenvalue weighted by Gasteiger charge is -2.04. The molecule has 3 aromatic rings. The smallest absolute Gasteiger partial charge is 0.356 e. The zero-order chi connectivity index (χ0) is 15.0. The zero-order valence-electron chi connectivity index (χ0n) is 10.4. The first-order chi connectivity index (χ1) is 10.1. The average Bonchev–Trinajstić information content (AvgIpc) is 2.89. The summed E-state index contributed by atoms with van der Waals surface area (Å²) in [7, 11) is 0. The topological polar surface area (TPSA) is 105 Å². The molecule has 3 N–H and O–H groups in total. The Morgan fingerprint density at radius 1 is 1.38 bits per heavy atom. The van der Waals surface area contributed by atoms with Gasteiger partial charge in [0.2, 0.25) is 10.8 Å². The van der Waals surface area contributed by atoms with Gasteiger partial charge in [0.25, 0.3) is 0 Å². The van der Waals surface area contributed by atoms with Gasteiger partial charge in [0.1, 0.15) is 16.3 Å². The fourth-order valence-electron chi connectivity index (χ4n) is 1.94. The summed E-state index contributed by atoms with van der Waals surface area (Å²) in [6, 6.07) is 8.71. The van der Waals surface area contributed by atoms with Crippen molar-refractivity contribution in [2.45, 2.75) is 0 Å². The number of nitrogen functional groups attached to an aromatic ring is 1. The number of nitriles is 1. The number of hydrogen-bond acceptors (Lipinski definition) is 7. The Labute approximate surface area is 127 Å². The molecule has 0 bridgehead atoms. The number of aromatic nitrogens is 1. The van der Waals surface area contributed by atoms with Gasteiger partial charge in [-0.1, -0.05) is 35.1 Å². The molecule has 0 radical (unpaired) electrons. The van der Waals surface area contributed by atoms with E-state index in [1.807, 2.05) is 6.07 Å². The van der Waals surface area contributed by atoms with Crippen LogP contribution in [0.1, 0.15) is 5.56 Å². The van der Waals surface area contributed by atoms with Crippen molar-refractivity contribution in [3.05, 3.63) is 45.3 Å². The summed E-state index contributed by atoms with van der Waals surface area (Å²) in [5.74, 6) is 5.33. The second-order valence-electron chi connectivity index (χ2n) is 4.06. The van der Waals surface area contributed by atoms with Crippen LogP contribution < -0.4 is 16.9 Å². The number of benzene rings is 1. The van der Waals surface area contributed by atoms with Gasteiger partial charge in [0, 0.05) is 10.6 Å². The molecule has 21 heavy (non-hydrogen) atoms. The maximum atomic E-state index is 11.9. The van der Waals surface area contributed by atoms with Crippen LogP contribution in [0.5, 0.6) is 0 Å². The average molecular weight is 319 g/mol. The van der Waals surface area contributed by atoms with Crippen LogP contribution in [-0.2, 0) is 0 Å². The van der Waals surface area contributed by atoms with Crippen LogP contribution in [0.15, 0.2) is 33.5 Å². The molecule has 2 aromatic heterocycles. The summed E-state index contributed by atoms with van der Waals surface area (Å²) in [5.41, 5.74) is 2.89. The van der Waals surface area contributed by atoms with Gasteiger partial charge in [0.05, 0.1) is 0 Å². The number of halogens is 1. The van der Waals surface area contributed by atoms with E-state index in [-0.39, 0.29) is 11.3 Å². The third-order valence-corrected chi connectivity index (χ3v) is 4.07. The van der Waals surface area contributed by atoms with E-state index in [0.29, 0.717) is 26.0 Å². The Kier molecular flexibility index (Phi) is 3.35. The number of anilines is 1. The van der Waals surface area contributed by atoms with Crippen molar-refractivity contribution in [2.75, 3.05) is 5.43 Å². The van der Waals surface area contributed by atoms with E-state index in [1.54, 1.807) is 24.3 Å². The number of nitrogens with zero attached hydrogens (tertiary/aromatic N) is 2. The van der Waals surface area contributed by atoms with Crippen molar-refractivity contribution in [3.63, 3.8) is 0 Å². The predicted octanol–water partition coefficient (Wildman–Crippen LogP) is 2.73. The van der Waals surface area contributed by atoms with Gasteiger partial charge < -0.3 is 4.42 Å². The first-order valence-electron chi connectivity index (χ1n) is 5.74. The van der Waals surface area contributed by atoms with E-state index in [0.717, 1.165) is 0 Å². The van der Waals surface area contributed by atoms with Gasteiger partial charge in [-0.15, -0.1) is 0 Å². The van der Waals surface area contributed by atoms with Gasteiger partial charge in [0.15, 0.2) is 0 Å². The minimum atomic E-state index is -0.733. The van der Waals surface area contributed by atoms with Gasteiger partial charge in [-0.2, -0.15) is 10.2 Å². The van der Waals surface area contributed by atoms with Crippen LogP contribution in [0.3, 0.4) is 0 Å². The van der Waals surface area contributed by atoms with E-state index in [1.165, 1.54) is 11.3 Å². The summed E-state index contributed by atoms with van der Waals surface area (Å²) < 4.78 is 5.62. The molecular formula is C13H7ClN4O2S. The predicted molar refractivity (Wildman–Crippen MR) is 81.1 cm³/mol. The highest BCUT2D eigenvalue weighted by Gasteiger charge is 2.19. The lowest BCUT2D eigenvalue weighted by molar-refractivity contribution is 0.550. The highest BCUT2D eigenvalue weighted by atomic mass is 35.5. The molecule has 0 fully saturated rings. The number of thiazole rings is 1. The second kappa shape index (κ2) is 5.18. The molecule has 0 atom stereocenters. The Morgan fingerprint density at radius 3 is 2.71 bits per heavy atom. The van der Waals surface area contributed by atoms with Gasteiger partial charge in [-0.3, -0.25) is 5.43 Å². The van der Waals surface area contributed by atoms with Crippen LogP contribution in [0, 0.1) is 11.3 Å². The third kappa shape index (κ3) is 2.25. The molecule has 0 amide bonds. The molecule has 0 saturated carbocycles. The number of nitrogens with one attached hydrogen (secondary N) is 1. The first kappa shape index (κ1) is 13.6. The van der Waals surface area contributed by atoms with Gasteiger partial charge in [-0.25, -0.2) is 10.6 Å². The number of hydrazine groups is 1. The molecule has 0 saturated heterocycles. The second-order valence-corrected chi connectivity index (χ2v) is 5.49. The summed E-state index contributed by atoms with van der Waals surface area (Å²) in [4.78, 5) is 16.0. The van der Waals surface area contributed by atoms with E-state index in [4.69, 9.17) is 21.9 Å². The SMILES string of the molecule is N#Cc1c(-c2ccc(Cl)cc2)c2sc(NN)nc2oc1=O. The molecule has 1 aromatic carbocycles. The van der Waals surface area contributed by atoms with Crippen LogP contribution in [0.25, 0.3) is 21.5 Å². The minimum absolute atomic E-state index is 0.0722. The van der Waals surface area contributed by atoms with Crippen LogP contribution in [-0.4, -0.2) is 4.98 Å². The largest absolute Gasteiger partial charge is 0.402 e. The van der Waals surface area contributed by atoms with Crippen LogP contribution in [0.4, 0.5) is 5.13 Å². The normalized spacial score (nSPS) is 10.5. The maximum absolute atomic E-state index is 11.9. The third-order valence-electron chi connectivity index (χ3n) is 2.83. The fraction of sp³-hybridized carbons (Fsp3) is 0. The van der Waals surface area contributed by atoms with Crippen molar-refractivity contribution in [1.82, 2.24) is 4.98 Å². The molecule has 2 heterocycles. The molecule has 0 spiro atoms. The number of fused-ring (bicyclic) bond motifs is 1. The number of nitrogens with two attached hydrogens (primary N) is 1. The van der Waals surface area contributed by atoms with E-state index in [2.05, 4.69) is 10.4 Å². The quantitative estimate of drug-likeness (QED) is 0.556. The van der Waals surface area contributed by atoms with Crippen molar-refractivity contribution in [1.29, 1.82) is 5.26 Å². The molecule has 3 rings (SSSR count). The van der Waals surface area contributed by atoms with Crippen molar-refractivity contribution in [3.8, 4) is 17.2 Å². The monoisotopic (exact) mass is 318 g/mol. The van der Waals surface area contributed by atoms with Gasteiger partial charge in [-0.05, 0) is 17.7 Å². The summed E-state index contributed by atoms with van der Waals surface area (Å²) in [6.07, 6.45) is 0. The Morgan fingerprint density at radius 2 is 2.10 bits per heavy atom. The van der Waals surface area contributed by atoms with Crippen LogP contribution in [0.2, 0.25) is 5.02 Å². The maximum Gasteiger partial charge on any atom is 0.356 e. The van der Waals surface area contributed by atoms with E-state index >= 15 is 0 Å². The Hall–Kier alpha value is -2.40. The van der Waals surface area contributed by atoms with E-state index in [9.17, 15) is 10.1 Å².